The van der Waals surface area contributed by atoms with E-state index in [9.17, 15) is 18.8 Å². The first kappa shape index (κ1) is 13.0. The van der Waals surface area contributed by atoms with Crippen molar-refractivity contribution in [1.29, 1.82) is 0 Å². The van der Waals surface area contributed by atoms with Crippen LogP contribution in [-0.4, -0.2) is 24.6 Å². The summed E-state index contributed by atoms with van der Waals surface area (Å²) >= 11 is 0. The average molecular weight is 238 g/mol. The average Bonchev–Trinajstić information content (AvgIpc) is 2.31. The summed E-state index contributed by atoms with van der Waals surface area (Å²) in [6.07, 6.45) is 0.402. The maximum absolute atomic E-state index is 13.3. The van der Waals surface area contributed by atoms with E-state index in [0.29, 0.717) is 6.29 Å². The smallest absolute Gasteiger partial charge is 0.379 e. The molecular formula is C12H11FO4. The van der Waals surface area contributed by atoms with Crippen LogP contribution in [-0.2, 0) is 9.53 Å². The van der Waals surface area contributed by atoms with Crippen molar-refractivity contribution in [2.45, 2.75) is 13.8 Å². The summed E-state index contributed by atoms with van der Waals surface area (Å²) < 4.78 is 17.8. The van der Waals surface area contributed by atoms with Crippen LogP contribution in [0.15, 0.2) is 12.1 Å². The number of rotatable bonds is 4. The maximum atomic E-state index is 13.3. The van der Waals surface area contributed by atoms with Crippen LogP contribution in [0.4, 0.5) is 4.39 Å². The molecule has 0 spiro atoms. The van der Waals surface area contributed by atoms with Crippen molar-refractivity contribution >= 4 is 18.0 Å². The minimum Gasteiger partial charge on any atom is -0.460 e. The van der Waals surface area contributed by atoms with E-state index in [2.05, 4.69) is 4.74 Å². The van der Waals surface area contributed by atoms with Crippen molar-refractivity contribution in [1.82, 2.24) is 0 Å². The Balaban J connectivity index is 3.21. The summed E-state index contributed by atoms with van der Waals surface area (Å²) in [7, 11) is 0. The van der Waals surface area contributed by atoms with Crippen molar-refractivity contribution in [3.05, 3.63) is 34.6 Å². The Hall–Kier alpha value is -2.04. The normalized spacial score (nSPS) is 9.82. The van der Waals surface area contributed by atoms with Gasteiger partial charge in [-0.05, 0) is 31.5 Å². The van der Waals surface area contributed by atoms with Gasteiger partial charge in [-0.15, -0.1) is 0 Å². The number of carbonyl (C=O) groups excluding carboxylic acids is 3. The molecule has 0 N–H and O–H groups in total. The van der Waals surface area contributed by atoms with Crippen molar-refractivity contribution < 1.29 is 23.5 Å². The molecule has 1 aromatic carbocycles. The van der Waals surface area contributed by atoms with E-state index in [0.717, 1.165) is 6.07 Å². The molecule has 0 heterocycles. The van der Waals surface area contributed by atoms with Crippen LogP contribution in [0.5, 0.6) is 0 Å². The molecule has 1 aromatic rings. The van der Waals surface area contributed by atoms with Crippen LogP contribution in [0.1, 0.15) is 33.2 Å². The zero-order chi connectivity index (χ0) is 13.0. The summed E-state index contributed by atoms with van der Waals surface area (Å²) in [5, 5.41) is 0. The molecule has 0 aliphatic rings. The Morgan fingerprint density at radius 2 is 2.06 bits per heavy atom. The Kier molecular flexibility index (Phi) is 4.09. The molecule has 0 atom stereocenters. The van der Waals surface area contributed by atoms with Crippen LogP contribution in [0, 0.1) is 12.7 Å². The van der Waals surface area contributed by atoms with Gasteiger partial charge in [-0.1, -0.05) is 0 Å². The predicted octanol–water partition coefficient (Wildman–Crippen LogP) is 1.69. The topological polar surface area (TPSA) is 60.4 Å². The van der Waals surface area contributed by atoms with Gasteiger partial charge in [-0.3, -0.25) is 9.59 Å². The lowest BCUT2D eigenvalue weighted by molar-refractivity contribution is -0.137. The first-order valence-electron chi connectivity index (χ1n) is 4.98. The van der Waals surface area contributed by atoms with Gasteiger partial charge in [-0.2, -0.15) is 0 Å². The van der Waals surface area contributed by atoms with E-state index in [1.54, 1.807) is 6.92 Å². The molecule has 0 fully saturated rings. The van der Waals surface area contributed by atoms with E-state index in [1.165, 1.54) is 13.0 Å². The van der Waals surface area contributed by atoms with Gasteiger partial charge in [0, 0.05) is 11.1 Å². The second-order valence-corrected chi connectivity index (χ2v) is 3.36. The molecular weight excluding hydrogens is 227 g/mol. The largest absolute Gasteiger partial charge is 0.460 e. The van der Waals surface area contributed by atoms with Gasteiger partial charge in [0.25, 0.3) is 5.78 Å². The highest BCUT2D eigenvalue weighted by Gasteiger charge is 2.22. The molecule has 0 aliphatic heterocycles. The number of Topliss-reactive ketones (excluding diaryl/α,β-unsaturated/α-hetero) is 1. The molecule has 0 saturated heterocycles. The highest BCUT2D eigenvalue weighted by atomic mass is 19.1. The Bertz CT molecular complexity index is 480. The summed E-state index contributed by atoms with van der Waals surface area (Å²) in [6.45, 7) is 3.04. The number of hydrogen-bond acceptors (Lipinski definition) is 4. The quantitative estimate of drug-likeness (QED) is 0.346. The molecule has 5 heteroatoms. The van der Waals surface area contributed by atoms with Gasteiger partial charge >= 0.3 is 5.97 Å². The van der Waals surface area contributed by atoms with Crippen LogP contribution >= 0.6 is 0 Å². The van der Waals surface area contributed by atoms with Crippen molar-refractivity contribution in [2.75, 3.05) is 6.61 Å². The molecule has 0 saturated carbocycles. The second kappa shape index (κ2) is 5.34. The molecule has 0 aromatic heterocycles. The molecule has 0 amide bonds. The Labute approximate surface area is 97.4 Å². The summed E-state index contributed by atoms with van der Waals surface area (Å²) in [4.78, 5) is 33.5. The minimum absolute atomic E-state index is 0.0260. The molecule has 0 unspecified atom stereocenters. The number of carbonyl (C=O) groups is 3. The number of aryl methyl sites for hydroxylation is 1. The van der Waals surface area contributed by atoms with Crippen molar-refractivity contribution in [3.63, 3.8) is 0 Å². The number of ether oxygens (including phenoxy) is 1. The second-order valence-electron chi connectivity index (χ2n) is 3.36. The molecule has 17 heavy (non-hydrogen) atoms. The fourth-order valence-electron chi connectivity index (χ4n) is 1.30. The number of benzene rings is 1. The third kappa shape index (κ3) is 2.75. The lowest BCUT2D eigenvalue weighted by atomic mass is 10.0. The fourth-order valence-corrected chi connectivity index (χ4v) is 1.30. The first-order valence-corrected chi connectivity index (χ1v) is 4.98. The first-order chi connectivity index (χ1) is 8.01. The molecule has 0 bridgehead atoms. The number of halogens is 1. The molecule has 0 radical (unpaired) electrons. The fraction of sp³-hybridized carbons (Fsp3) is 0.250. The lowest BCUT2D eigenvalue weighted by Crippen LogP contribution is -2.19. The molecule has 0 aliphatic carbocycles. The van der Waals surface area contributed by atoms with Crippen LogP contribution < -0.4 is 0 Å². The molecule has 4 nitrogen and oxygen atoms in total. The third-order valence-corrected chi connectivity index (χ3v) is 2.16. The monoisotopic (exact) mass is 238 g/mol. The SMILES string of the molecule is CCOC(=O)C(=O)c1cc(F)c(C)cc1C=O. The highest BCUT2D eigenvalue weighted by Crippen LogP contribution is 2.15. The van der Waals surface area contributed by atoms with E-state index in [-0.39, 0.29) is 23.3 Å². The molecule has 90 valence electrons. The maximum Gasteiger partial charge on any atom is 0.379 e. The van der Waals surface area contributed by atoms with Crippen molar-refractivity contribution in [3.8, 4) is 0 Å². The third-order valence-electron chi connectivity index (χ3n) is 2.16. The summed E-state index contributed by atoms with van der Waals surface area (Å²) in [5.74, 6) is -2.77. The summed E-state index contributed by atoms with van der Waals surface area (Å²) in [5.41, 5.74) is -0.0731. The zero-order valence-electron chi connectivity index (χ0n) is 9.45. The van der Waals surface area contributed by atoms with E-state index in [1.807, 2.05) is 0 Å². The standard InChI is InChI=1S/C12H11FO4/c1-3-17-12(16)11(15)9-5-10(13)7(2)4-8(9)6-14/h4-6H,3H2,1-2H3. The van der Waals surface area contributed by atoms with Crippen LogP contribution in [0.25, 0.3) is 0 Å². The Morgan fingerprint density at radius 1 is 1.41 bits per heavy atom. The number of aldehydes is 1. The van der Waals surface area contributed by atoms with E-state index < -0.39 is 17.6 Å². The minimum atomic E-state index is -1.10. The lowest BCUT2D eigenvalue weighted by Gasteiger charge is -2.05. The van der Waals surface area contributed by atoms with Gasteiger partial charge in [0.1, 0.15) is 5.82 Å². The molecule has 1 rings (SSSR count). The van der Waals surface area contributed by atoms with E-state index >= 15 is 0 Å². The van der Waals surface area contributed by atoms with E-state index in [4.69, 9.17) is 0 Å². The van der Waals surface area contributed by atoms with Crippen molar-refractivity contribution in [2.24, 2.45) is 0 Å². The zero-order valence-corrected chi connectivity index (χ0v) is 9.45. The summed E-state index contributed by atoms with van der Waals surface area (Å²) in [6, 6.07) is 2.09. The number of hydrogen-bond donors (Lipinski definition) is 0. The van der Waals surface area contributed by atoms with Crippen LogP contribution in [0.3, 0.4) is 0 Å². The Morgan fingerprint density at radius 3 is 2.59 bits per heavy atom. The number of esters is 1. The predicted molar refractivity (Wildman–Crippen MR) is 57.5 cm³/mol. The van der Waals surface area contributed by atoms with Crippen LogP contribution in [0.2, 0.25) is 0 Å². The number of ketones is 1. The van der Waals surface area contributed by atoms with Gasteiger partial charge in [-0.25, -0.2) is 9.18 Å². The van der Waals surface area contributed by atoms with Gasteiger partial charge < -0.3 is 4.74 Å². The highest BCUT2D eigenvalue weighted by molar-refractivity contribution is 6.41. The van der Waals surface area contributed by atoms with Gasteiger partial charge in [0.2, 0.25) is 0 Å². The van der Waals surface area contributed by atoms with Gasteiger partial charge in [0.15, 0.2) is 6.29 Å². The van der Waals surface area contributed by atoms with Gasteiger partial charge in [0.05, 0.1) is 6.61 Å².